The summed E-state index contributed by atoms with van der Waals surface area (Å²) in [7, 11) is 0. The van der Waals surface area contributed by atoms with E-state index in [-0.39, 0.29) is 4.49 Å². The van der Waals surface area contributed by atoms with Crippen LogP contribution in [0.15, 0.2) is 41.1 Å². The van der Waals surface area contributed by atoms with Gasteiger partial charge in [-0.05, 0) is 0 Å². The van der Waals surface area contributed by atoms with Gasteiger partial charge < -0.3 is 9.47 Å². The lowest BCUT2D eigenvalue weighted by Crippen LogP contribution is -2.04. The summed E-state index contributed by atoms with van der Waals surface area (Å²) in [5, 5.41) is 0. The van der Waals surface area contributed by atoms with Crippen molar-refractivity contribution in [3.63, 3.8) is 0 Å². The molecule has 1 aromatic carbocycles. The fourth-order valence-electron chi connectivity index (χ4n) is 0.963. The van der Waals surface area contributed by atoms with Gasteiger partial charge in [-0.2, -0.15) is 0 Å². The summed E-state index contributed by atoms with van der Waals surface area (Å²) in [5.41, 5.74) is 0.690. The van der Waals surface area contributed by atoms with Crippen LogP contribution in [0.4, 0.5) is 0 Å². The molecule has 3 nitrogen and oxygen atoms in total. The van der Waals surface area contributed by atoms with E-state index in [1.54, 1.807) is 24.3 Å². The molecular formula is C10H8Cl2O3. The summed E-state index contributed by atoms with van der Waals surface area (Å²) in [6, 6.07) is 8.94. The molecule has 0 radical (unpaired) electrons. The molecule has 0 amide bonds. The minimum Gasteiger partial charge on any atom is -0.456 e. The second-order valence-corrected chi connectivity index (χ2v) is 3.53. The lowest BCUT2D eigenvalue weighted by atomic mass is 10.2. The Morgan fingerprint density at radius 3 is 2.40 bits per heavy atom. The normalized spacial score (nSPS) is 11.3. The van der Waals surface area contributed by atoms with Gasteiger partial charge in [0.25, 0.3) is 12.8 Å². The highest BCUT2D eigenvalue weighted by atomic mass is 35.5. The molecule has 1 atom stereocenters. The minimum absolute atomic E-state index is 0.0505. The number of rotatable bonds is 5. The SMILES string of the molecule is O=COC(OC=C(Cl)Cl)c1ccccc1. The van der Waals surface area contributed by atoms with Crippen LogP contribution < -0.4 is 0 Å². The van der Waals surface area contributed by atoms with Crippen LogP contribution in [-0.4, -0.2) is 6.47 Å². The summed E-state index contributed by atoms with van der Waals surface area (Å²) in [6.07, 6.45) is 0.265. The lowest BCUT2D eigenvalue weighted by molar-refractivity contribution is -0.154. The number of carbonyl (C=O) groups is 1. The smallest absolute Gasteiger partial charge is 0.296 e. The Hall–Kier alpha value is -1.19. The van der Waals surface area contributed by atoms with Crippen LogP contribution in [0.25, 0.3) is 0 Å². The van der Waals surface area contributed by atoms with Crippen molar-refractivity contribution in [2.45, 2.75) is 6.29 Å². The lowest BCUT2D eigenvalue weighted by Gasteiger charge is -2.14. The Kier molecular flexibility index (Phi) is 5.01. The third-order valence-electron chi connectivity index (χ3n) is 1.53. The number of hydrogen-bond donors (Lipinski definition) is 0. The van der Waals surface area contributed by atoms with E-state index in [1.807, 2.05) is 6.07 Å². The van der Waals surface area contributed by atoms with Gasteiger partial charge in [-0.3, -0.25) is 4.79 Å². The third kappa shape index (κ3) is 4.23. The van der Waals surface area contributed by atoms with Gasteiger partial charge in [0.2, 0.25) is 0 Å². The van der Waals surface area contributed by atoms with Crippen molar-refractivity contribution in [3.8, 4) is 0 Å². The maximum absolute atomic E-state index is 10.2. The Morgan fingerprint density at radius 1 is 1.20 bits per heavy atom. The van der Waals surface area contributed by atoms with Gasteiger partial charge >= 0.3 is 0 Å². The first kappa shape index (κ1) is 11.9. The van der Waals surface area contributed by atoms with Gasteiger partial charge in [0.05, 0.1) is 0 Å². The molecule has 0 aromatic heterocycles. The maximum Gasteiger partial charge on any atom is 0.296 e. The fourth-order valence-corrected chi connectivity index (χ4v) is 1.07. The van der Waals surface area contributed by atoms with E-state index >= 15 is 0 Å². The average molecular weight is 247 g/mol. The van der Waals surface area contributed by atoms with Crippen LogP contribution in [0.2, 0.25) is 0 Å². The largest absolute Gasteiger partial charge is 0.456 e. The summed E-state index contributed by atoms with van der Waals surface area (Å²) >= 11 is 10.7. The summed E-state index contributed by atoms with van der Waals surface area (Å²) in [4.78, 5) is 10.2. The van der Waals surface area contributed by atoms with Crippen molar-refractivity contribution in [1.82, 2.24) is 0 Å². The summed E-state index contributed by atoms with van der Waals surface area (Å²) < 4.78 is 9.71. The second kappa shape index (κ2) is 6.32. The van der Waals surface area contributed by atoms with Crippen LogP contribution in [-0.2, 0) is 14.3 Å². The molecule has 0 saturated heterocycles. The molecule has 0 aliphatic carbocycles. The molecule has 0 aliphatic heterocycles. The molecule has 1 aromatic rings. The molecule has 15 heavy (non-hydrogen) atoms. The van der Waals surface area contributed by atoms with Crippen molar-refractivity contribution in [2.24, 2.45) is 0 Å². The molecule has 80 valence electrons. The molecule has 1 unspecified atom stereocenters. The van der Waals surface area contributed by atoms with Gasteiger partial charge in [-0.1, -0.05) is 53.5 Å². The minimum atomic E-state index is -0.837. The predicted octanol–water partition coefficient (Wildman–Crippen LogP) is 3.15. The first-order chi connectivity index (χ1) is 7.24. The highest BCUT2D eigenvalue weighted by Gasteiger charge is 2.11. The number of carbonyl (C=O) groups excluding carboxylic acids is 1. The topological polar surface area (TPSA) is 35.5 Å². The quantitative estimate of drug-likeness (QED) is 0.455. The monoisotopic (exact) mass is 246 g/mol. The molecule has 5 heteroatoms. The molecule has 0 saturated carbocycles. The highest BCUT2D eigenvalue weighted by Crippen LogP contribution is 2.19. The van der Waals surface area contributed by atoms with Gasteiger partial charge in [0.1, 0.15) is 10.8 Å². The average Bonchev–Trinajstić information content (AvgIpc) is 2.25. The Labute approximate surface area is 97.2 Å². The zero-order valence-corrected chi connectivity index (χ0v) is 9.11. The Morgan fingerprint density at radius 2 is 1.87 bits per heavy atom. The van der Waals surface area contributed by atoms with Gasteiger partial charge in [0, 0.05) is 5.56 Å². The fraction of sp³-hybridized carbons (Fsp3) is 0.100. The van der Waals surface area contributed by atoms with Crippen molar-refractivity contribution in [3.05, 3.63) is 46.6 Å². The van der Waals surface area contributed by atoms with E-state index in [0.717, 1.165) is 6.26 Å². The standard InChI is InChI=1S/C10H8Cl2O3/c11-9(12)6-14-10(15-7-13)8-4-2-1-3-5-8/h1-7,10H. The van der Waals surface area contributed by atoms with Crippen LogP contribution in [0.1, 0.15) is 11.9 Å². The van der Waals surface area contributed by atoms with Gasteiger partial charge in [-0.15, -0.1) is 0 Å². The molecule has 0 spiro atoms. The van der Waals surface area contributed by atoms with Crippen molar-refractivity contribution >= 4 is 29.7 Å². The van der Waals surface area contributed by atoms with Crippen molar-refractivity contribution in [1.29, 1.82) is 0 Å². The molecule has 0 aliphatic rings. The number of benzene rings is 1. The van der Waals surface area contributed by atoms with E-state index < -0.39 is 6.29 Å². The summed E-state index contributed by atoms with van der Waals surface area (Å²) in [5.74, 6) is 0. The highest BCUT2D eigenvalue weighted by molar-refractivity contribution is 6.55. The van der Waals surface area contributed by atoms with Crippen LogP contribution in [0.3, 0.4) is 0 Å². The third-order valence-corrected chi connectivity index (χ3v) is 1.71. The first-order valence-corrected chi connectivity index (χ1v) is 4.80. The molecule has 0 bridgehead atoms. The predicted molar refractivity (Wildman–Crippen MR) is 57.2 cm³/mol. The zero-order chi connectivity index (χ0) is 11.1. The second-order valence-electron chi connectivity index (χ2n) is 2.52. The number of halogens is 2. The molecule has 0 heterocycles. The van der Waals surface area contributed by atoms with Crippen LogP contribution >= 0.6 is 23.2 Å². The molecule has 1 rings (SSSR count). The van der Waals surface area contributed by atoms with E-state index in [1.165, 1.54) is 0 Å². The Bertz CT molecular complexity index is 334. The maximum atomic E-state index is 10.2. The van der Waals surface area contributed by atoms with Crippen LogP contribution in [0, 0.1) is 0 Å². The molecule has 0 fully saturated rings. The van der Waals surface area contributed by atoms with E-state index in [4.69, 9.17) is 32.7 Å². The summed E-state index contributed by atoms with van der Waals surface area (Å²) in [6.45, 7) is 0.299. The van der Waals surface area contributed by atoms with Crippen LogP contribution in [0.5, 0.6) is 0 Å². The van der Waals surface area contributed by atoms with Gasteiger partial charge in [0.15, 0.2) is 0 Å². The van der Waals surface area contributed by atoms with Crippen molar-refractivity contribution in [2.75, 3.05) is 0 Å². The molecular weight excluding hydrogens is 239 g/mol. The van der Waals surface area contributed by atoms with Gasteiger partial charge in [-0.25, -0.2) is 0 Å². The number of hydrogen-bond acceptors (Lipinski definition) is 3. The zero-order valence-electron chi connectivity index (χ0n) is 7.60. The first-order valence-electron chi connectivity index (χ1n) is 4.04. The Balaban J connectivity index is 2.74. The van der Waals surface area contributed by atoms with Crippen molar-refractivity contribution < 1.29 is 14.3 Å². The van der Waals surface area contributed by atoms with E-state index in [2.05, 4.69) is 0 Å². The van der Waals surface area contributed by atoms with E-state index in [9.17, 15) is 4.79 Å². The molecule has 0 N–H and O–H groups in total. The van der Waals surface area contributed by atoms with E-state index in [0.29, 0.717) is 12.0 Å². The number of ether oxygens (including phenoxy) is 2.